The summed E-state index contributed by atoms with van der Waals surface area (Å²) in [6.07, 6.45) is 0. The first-order valence-electron chi connectivity index (χ1n) is 4.75. The van der Waals surface area contributed by atoms with E-state index in [1.54, 1.807) is 24.3 Å². The van der Waals surface area contributed by atoms with Crippen LogP contribution < -0.4 is 11.1 Å². The lowest BCUT2D eigenvalue weighted by atomic mass is 10.2. The molecule has 17 heavy (non-hydrogen) atoms. The summed E-state index contributed by atoms with van der Waals surface area (Å²) in [5.74, 6) is 0.499. The van der Waals surface area contributed by atoms with Crippen molar-refractivity contribution in [3.8, 4) is 0 Å². The van der Waals surface area contributed by atoms with Crippen molar-refractivity contribution in [3.63, 3.8) is 0 Å². The summed E-state index contributed by atoms with van der Waals surface area (Å²) < 4.78 is 2.67. The molecule has 2 heterocycles. The maximum atomic E-state index is 12.2. The second-order valence-electron chi connectivity index (χ2n) is 3.55. The van der Waals surface area contributed by atoms with Crippen LogP contribution in [0.25, 0.3) is 10.8 Å². The van der Waals surface area contributed by atoms with Crippen LogP contribution in [0.2, 0.25) is 0 Å². The lowest BCUT2D eigenvalue weighted by Crippen LogP contribution is -2.30. The van der Waals surface area contributed by atoms with Crippen LogP contribution in [0.4, 0.5) is 0 Å². The topological polar surface area (TPSA) is 44.0 Å². The molecule has 3 rings (SSSR count). The summed E-state index contributed by atoms with van der Waals surface area (Å²) >= 11 is 12.2. The van der Waals surface area contributed by atoms with Crippen molar-refractivity contribution in [3.05, 3.63) is 45.0 Å². The van der Waals surface area contributed by atoms with Crippen molar-refractivity contribution >= 4 is 48.1 Å². The molecule has 0 spiro atoms. The van der Waals surface area contributed by atoms with Gasteiger partial charge in [0.1, 0.15) is 14.9 Å². The fourth-order valence-electron chi connectivity index (χ4n) is 1.84. The zero-order valence-corrected chi connectivity index (χ0v) is 11.7. The highest BCUT2D eigenvalue weighted by atomic mass is 35.7. The molecular formula is C9H6Cl2N2O2P2. The van der Waals surface area contributed by atoms with E-state index in [2.05, 4.69) is 0 Å². The highest BCUT2D eigenvalue weighted by Crippen LogP contribution is 2.63. The highest BCUT2D eigenvalue weighted by Gasteiger charge is 2.31. The van der Waals surface area contributed by atoms with E-state index in [1.165, 1.54) is 8.90 Å². The molecule has 0 saturated heterocycles. The number of benzene rings is 1. The number of nitrogens with zero attached hydrogens (tertiary/aromatic N) is 2. The van der Waals surface area contributed by atoms with Gasteiger partial charge in [-0.3, -0.25) is 9.59 Å². The van der Waals surface area contributed by atoms with Crippen molar-refractivity contribution in [2.24, 2.45) is 0 Å². The third-order valence-electron chi connectivity index (χ3n) is 2.58. The summed E-state index contributed by atoms with van der Waals surface area (Å²) in [5.41, 5.74) is -0.459. The number of rotatable bonds is 0. The van der Waals surface area contributed by atoms with Crippen molar-refractivity contribution in [2.45, 2.75) is 0 Å². The minimum atomic E-state index is -1.19. The third-order valence-corrected chi connectivity index (χ3v) is 8.91. The van der Waals surface area contributed by atoms with Crippen molar-refractivity contribution < 1.29 is 0 Å². The predicted octanol–water partition coefficient (Wildman–Crippen LogP) is 2.93. The van der Waals surface area contributed by atoms with Gasteiger partial charge in [0, 0.05) is 0 Å². The van der Waals surface area contributed by atoms with E-state index < -0.39 is 14.9 Å². The SMILES string of the molecule is O=c1c2ccccc2c(=O)n2n1[P@](Cl)C[P@@]2Cl. The quantitative estimate of drug-likeness (QED) is 0.702. The Morgan fingerprint density at radius 2 is 1.35 bits per heavy atom. The number of halogens is 2. The van der Waals surface area contributed by atoms with Gasteiger partial charge in [0.15, 0.2) is 0 Å². The van der Waals surface area contributed by atoms with Gasteiger partial charge in [-0.15, -0.1) is 0 Å². The molecule has 1 aliphatic heterocycles. The van der Waals surface area contributed by atoms with Gasteiger partial charge in [0.05, 0.1) is 16.7 Å². The molecule has 2 aromatic rings. The third kappa shape index (κ3) is 1.59. The molecule has 1 aromatic heterocycles. The van der Waals surface area contributed by atoms with E-state index in [0.717, 1.165) is 0 Å². The average Bonchev–Trinajstić information content (AvgIpc) is 2.62. The number of aromatic nitrogens is 2. The van der Waals surface area contributed by atoms with Crippen LogP contribution in [0.1, 0.15) is 0 Å². The number of fused-ring (bicyclic) bond motifs is 2. The molecule has 88 valence electrons. The molecule has 4 nitrogen and oxygen atoms in total. The smallest absolute Gasteiger partial charge is 0.267 e. The zero-order chi connectivity index (χ0) is 12.2. The highest BCUT2D eigenvalue weighted by molar-refractivity contribution is 7.98. The molecule has 0 unspecified atom stereocenters. The lowest BCUT2D eigenvalue weighted by Gasteiger charge is -2.09. The second kappa shape index (κ2) is 4.07. The molecule has 0 aliphatic carbocycles. The molecule has 1 aromatic carbocycles. The summed E-state index contributed by atoms with van der Waals surface area (Å²) in [6, 6.07) is 6.75. The molecule has 0 N–H and O–H groups in total. The minimum Gasteiger partial charge on any atom is -0.267 e. The normalized spacial score (nSPS) is 22.9. The zero-order valence-electron chi connectivity index (χ0n) is 8.38. The van der Waals surface area contributed by atoms with Crippen LogP contribution in [0.5, 0.6) is 0 Å². The molecule has 2 atom stereocenters. The van der Waals surface area contributed by atoms with Gasteiger partial charge in [-0.2, -0.15) is 0 Å². The Kier molecular flexibility index (Phi) is 2.79. The largest absolute Gasteiger partial charge is 0.278 e. The summed E-state index contributed by atoms with van der Waals surface area (Å²) in [5, 5.41) is 0.813. The molecule has 0 fully saturated rings. The Balaban J connectivity index is 2.58. The molecule has 0 amide bonds. The number of hydrogen-bond donors (Lipinski definition) is 0. The van der Waals surface area contributed by atoms with Crippen LogP contribution in [0, 0.1) is 0 Å². The van der Waals surface area contributed by atoms with Gasteiger partial charge in [-0.05, 0) is 12.1 Å². The van der Waals surface area contributed by atoms with E-state index in [-0.39, 0.29) is 11.1 Å². The minimum absolute atomic E-state index is 0.230. The van der Waals surface area contributed by atoms with Crippen LogP contribution in [-0.2, 0) is 0 Å². The molecule has 0 radical (unpaired) electrons. The van der Waals surface area contributed by atoms with Crippen LogP contribution in [0.15, 0.2) is 33.9 Å². The van der Waals surface area contributed by atoms with Crippen molar-refractivity contribution in [2.75, 3.05) is 5.90 Å². The lowest BCUT2D eigenvalue weighted by molar-refractivity contribution is 0.844. The van der Waals surface area contributed by atoms with Crippen molar-refractivity contribution in [1.29, 1.82) is 0 Å². The van der Waals surface area contributed by atoms with Crippen molar-refractivity contribution in [1.82, 2.24) is 8.90 Å². The molecule has 8 heteroatoms. The van der Waals surface area contributed by atoms with E-state index in [4.69, 9.17) is 22.5 Å². The monoisotopic (exact) mass is 306 g/mol. The Bertz CT molecular complexity index is 666. The summed E-state index contributed by atoms with van der Waals surface area (Å²) in [4.78, 5) is 24.4. The van der Waals surface area contributed by atoms with Gasteiger partial charge in [-0.1, -0.05) is 34.6 Å². The first-order valence-corrected chi connectivity index (χ1v) is 9.52. The van der Waals surface area contributed by atoms with Gasteiger partial charge >= 0.3 is 0 Å². The molecular weight excluding hydrogens is 301 g/mol. The summed E-state index contributed by atoms with van der Waals surface area (Å²) in [7, 11) is -2.39. The molecule has 0 bridgehead atoms. The second-order valence-corrected chi connectivity index (χ2v) is 9.13. The maximum Gasteiger partial charge on any atom is 0.278 e. The van der Waals surface area contributed by atoms with E-state index in [9.17, 15) is 9.59 Å². The fraction of sp³-hybridized carbons (Fsp3) is 0.111. The Hall–Kier alpha value is -0.400. The maximum absolute atomic E-state index is 12.2. The van der Waals surface area contributed by atoms with Crippen LogP contribution >= 0.6 is 37.3 Å². The Morgan fingerprint density at radius 3 is 1.76 bits per heavy atom. The average molecular weight is 307 g/mol. The van der Waals surface area contributed by atoms with Gasteiger partial charge in [0.2, 0.25) is 0 Å². The van der Waals surface area contributed by atoms with E-state index >= 15 is 0 Å². The number of hydrogen-bond acceptors (Lipinski definition) is 2. The fourth-order valence-corrected chi connectivity index (χ4v) is 8.70. The van der Waals surface area contributed by atoms with Gasteiger partial charge < -0.3 is 0 Å². The molecule has 1 aliphatic rings. The van der Waals surface area contributed by atoms with E-state index in [1.807, 2.05) is 0 Å². The van der Waals surface area contributed by atoms with Crippen LogP contribution in [-0.4, -0.2) is 14.8 Å². The molecule has 0 saturated carbocycles. The summed E-state index contributed by atoms with van der Waals surface area (Å²) in [6.45, 7) is 0. The predicted molar refractivity (Wildman–Crippen MR) is 73.7 cm³/mol. The standard InChI is InChI=1S/C9H6Cl2N2O2P2/c10-16-5-17(11)13-9(15)7-4-2-1-3-6(7)8(14)12(13)16/h1-4H,5H2/t16-,17-/m0/s1. The first kappa shape index (κ1) is 11.7. The Labute approximate surface area is 108 Å². The van der Waals surface area contributed by atoms with Crippen LogP contribution in [0.3, 0.4) is 0 Å². The first-order chi connectivity index (χ1) is 8.11. The van der Waals surface area contributed by atoms with E-state index in [0.29, 0.717) is 16.7 Å². The van der Waals surface area contributed by atoms with Gasteiger partial charge in [0.25, 0.3) is 11.1 Å². The van der Waals surface area contributed by atoms with Gasteiger partial charge in [-0.25, -0.2) is 8.90 Å². The Morgan fingerprint density at radius 1 is 0.941 bits per heavy atom.